The summed E-state index contributed by atoms with van der Waals surface area (Å²) in [5.41, 5.74) is 1.78. The van der Waals surface area contributed by atoms with Crippen molar-refractivity contribution in [1.29, 1.82) is 0 Å². The molecule has 0 fully saturated rings. The molecule has 0 saturated carbocycles. The van der Waals surface area contributed by atoms with Crippen LogP contribution in [0.2, 0.25) is 0 Å². The number of hydrogen-bond donors (Lipinski definition) is 1. The highest BCUT2D eigenvalue weighted by Crippen LogP contribution is 2.17. The molecule has 2 rings (SSSR count). The molecule has 1 unspecified atom stereocenters. The molecule has 0 spiro atoms. The molecule has 0 heterocycles. The van der Waals surface area contributed by atoms with Crippen molar-refractivity contribution in [3.05, 3.63) is 59.2 Å². The Morgan fingerprint density at radius 1 is 1.08 bits per heavy atom. The van der Waals surface area contributed by atoms with Gasteiger partial charge in [0.2, 0.25) is 0 Å². The summed E-state index contributed by atoms with van der Waals surface area (Å²) < 4.78 is 36.9. The molecule has 2 aromatic rings. The van der Waals surface area contributed by atoms with Crippen LogP contribution in [0.15, 0.2) is 36.4 Å². The molecule has 0 radical (unpaired) electrons. The van der Waals surface area contributed by atoms with E-state index in [-0.39, 0.29) is 12.3 Å². The third kappa shape index (κ3) is 5.27. The average Bonchev–Trinajstić information content (AvgIpc) is 2.59. The van der Waals surface area contributed by atoms with E-state index in [9.17, 15) is 18.4 Å². The second-order valence-electron chi connectivity index (χ2n) is 5.78. The number of esters is 1. The standard InChI is InChI=1S/C19H19F2NO4/c1-11-4-6-15(8-12(11)2)25-10-18(23)26-13(3)19(24)22-17-9-14(20)5-7-16(17)21/h4-9,13H,10H2,1-3H3,(H,22,24). The molecule has 0 bridgehead atoms. The van der Waals surface area contributed by atoms with E-state index in [0.717, 1.165) is 29.3 Å². The monoisotopic (exact) mass is 363 g/mol. The quantitative estimate of drug-likeness (QED) is 0.798. The van der Waals surface area contributed by atoms with Gasteiger partial charge in [-0.1, -0.05) is 6.07 Å². The lowest BCUT2D eigenvalue weighted by Crippen LogP contribution is -2.32. The van der Waals surface area contributed by atoms with E-state index in [0.29, 0.717) is 5.75 Å². The summed E-state index contributed by atoms with van der Waals surface area (Å²) in [4.78, 5) is 23.7. The van der Waals surface area contributed by atoms with Crippen LogP contribution >= 0.6 is 0 Å². The minimum absolute atomic E-state index is 0.329. The van der Waals surface area contributed by atoms with Crippen LogP contribution in [0, 0.1) is 25.5 Å². The summed E-state index contributed by atoms with van der Waals surface area (Å²) in [5, 5.41) is 2.17. The fourth-order valence-electron chi connectivity index (χ4n) is 2.06. The molecule has 0 saturated heterocycles. The Hall–Kier alpha value is -2.96. The number of aryl methyl sites for hydroxylation is 2. The number of nitrogens with one attached hydrogen (secondary N) is 1. The Balaban J connectivity index is 1.86. The van der Waals surface area contributed by atoms with Gasteiger partial charge in [0.25, 0.3) is 5.91 Å². The summed E-state index contributed by atoms with van der Waals surface area (Å²) in [6, 6.07) is 8.02. The van der Waals surface area contributed by atoms with Gasteiger partial charge in [-0.15, -0.1) is 0 Å². The zero-order chi connectivity index (χ0) is 19.3. The molecule has 7 heteroatoms. The maximum Gasteiger partial charge on any atom is 0.344 e. The van der Waals surface area contributed by atoms with Crippen molar-refractivity contribution in [2.45, 2.75) is 26.9 Å². The summed E-state index contributed by atoms with van der Waals surface area (Å²) in [6.45, 7) is 4.81. The first kappa shape index (κ1) is 19.4. The Labute approximate surface area is 149 Å². The SMILES string of the molecule is Cc1ccc(OCC(=O)OC(C)C(=O)Nc2cc(F)ccc2F)cc1C. The van der Waals surface area contributed by atoms with Gasteiger partial charge < -0.3 is 14.8 Å². The maximum absolute atomic E-state index is 13.5. The van der Waals surface area contributed by atoms with Crippen LogP contribution in [-0.2, 0) is 14.3 Å². The third-order valence-electron chi connectivity index (χ3n) is 3.70. The summed E-state index contributed by atoms with van der Waals surface area (Å²) >= 11 is 0. The smallest absolute Gasteiger partial charge is 0.344 e. The minimum atomic E-state index is -1.20. The van der Waals surface area contributed by atoms with E-state index in [1.54, 1.807) is 12.1 Å². The Bertz CT molecular complexity index is 823. The number of carbonyl (C=O) groups excluding carboxylic acids is 2. The summed E-state index contributed by atoms with van der Waals surface area (Å²) in [7, 11) is 0. The molecule has 138 valence electrons. The number of benzene rings is 2. The van der Waals surface area contributed by atoms with Crippen LogP contribution in [0.1, 0.15) is 18.1 Å². The van der Waals surface area contributed by atoms with E-state index in [4.69, 9.17) is 9.47 Å². The van der Waals surface area contributed by atoms with Gasteiger partial charge in [-0.3, -0.25) is 4.79 Å². The summed E-state index contributed by atoms with van der Waals surface area (Å²) in [6.07, 6.45) is -1.20. The molecule has 0 aliphatic carbocycles. The molecule has 2 aromatic carbocycles. The third-order valence-corrected chi connectivity index (χ3v) is 3.70. The van der Waals surface area contributed by atoms with Crippen molar-refractivity contribution < 1.29 is 27.8 Å². The fraction of sp³-hybridized carbons (Fsp3) is 0.263. The molecular weight excluding hydrogens is 344 g/mol. The molecule has 26 heavy (non-hydrogen) atoms. The van der Waals surface area contributed by atoms with Gasteiger partial charge in [-0.05, 0) is 56.2 Å². The van der Waals surface area contributed by atoms with Crippen molar-refractivity contribution in [3.63, 3.8) is 0 Å². The fourth-order valence-corrected chi connectivity index (χ4v) is 2.06. The number of halogens is 2. The van der Waals surface area contributed by atoms with Crippen LogP contribution < -0.4 is 10.1 Å². The van der Waals surface area contributed by atoms with E-state index >= 15 is 0 Å². The lowest BCUT2D eigenvalue weighted by molar-refractivity contribution is -0.155. The van der Waals surface area contributed by atoms with Gasteiger partial charge in [-0.25, -0.2) is 13.6 Å². The minimum Gasteiger partial charge on any atom is -0.482 e. The second-order valence-corrected chi connectivity index (χ2v) is 5.78. The maximum atomic E-state index is 13.5. The molecule has 0 aromatic heterocycles. The van der Waals surface area contributed by atoms with Crippen molar-refractivity contribution in [1.82, 2.24) is 0 Å². The number of amides is 1. The number of rotatable bonds is 6. The number of ether oxygens (including phenoxy) is 2. The van der Waals surface area contributed by atoms with Gasteiger partial charge in [0, 0.05) is 6.07 Å². The number of carbonyl (C=O) groups is 2. The van der Waals surface area contributed by atoms with E-state index in [1.807, 2.05) is 19.9 Å². The van der Waals surface area contributed by atoms with E-state index < -0.39 is 29.6 Å². The number of hydrogen-bond acceptors (Lipinski definition) is 4. The van der Waals surface area contributed by atoms with Crippen molar-refractivity contribution >= 4 is 17.6 Å². The van der Waals surface area contributed by atoms with Crippen LogP contribution in [0.4, 0.5) is 14.5 Å². The topological polar surface area (TPSA) is 64.6 Å². The first-order valence-corrected chi connectivity index (χ1v) is 7.91. The van der Waals surface area contributed by atoms with Crippen LogP contribution in [0.5, 0.6) is 5.75 Å². The zero-order valence-electron chi connectivity index (χ0n) is 14.6. The van der Waals surface area contributed by atoms with Gasteiger partial charge in [0.05, 0.1) is 5.69 Å². The van der Waals surface area contributed by atoms with Gasteiger partial charge in [0.15, 0.2) is 12.7 Å². The van der Waals surface area contributed by atoms with Crippen molar-refractivity contribution in [3.8, 4) is 5.75 Å². The van der Waals surface area contributed by atoms with Crippen LogP contribution in [0.25, 0.3) is 0 Å². The Kier molecular flexibility index (Phi) is 6.27. The Morgan fingerprint density at radius 2 is 1.81 bits per heavy atom. The highest BCUT2D eigenvalue weighted by molar-refractivity contribution is 5.95. The molecular formula is C19H19F2NO4. The van der Waals surface area contributed by atoms with E-state index in [2.05, 4.69) is 5.32 Å². The normalized spacial score (nSPS) is 11.6. The molecule has 1 N–H and O–H groups in total. The molecule has 5 nitrogen and oxygen atoms in total. The predicted molar refractivity (Wildman–Crippen MR) is 92.0 cm³/mol. The lowest BCUT2D eigenvalue weighted by atomic mass is 10.1. The van der Waals surface area contributed by atoms with Gasteiger partial charge in [-0.2, -0.15) is 0 Å². The molecule has 0 aliphatic heterocycles. The van der Waals surface area contributed by atoms with Crippen molar-refractivity contribution in [2.75, 3.05) is 11.9 Å². The molecule has 0 aliphatic rings. The zero-order valence-corrected chi connectivity index (χ0v) is 14.6. The highest BCUT2D eigenvalue weighted by Gasteiger charge is 2.19. The summed E-state index contributed by atoms with van der Waals surface area (Å²) in [5.74, 6) is -2.53. The predicted octanol–water partition coefficient (Wildman–Crippen LogP) is 3.53. The molecule has 1 atom stereocenters. The molecule has 1 amide bonds. The van der Waals surface area contributed by atoms with Crippen LogP contribution in [0.3, 0.4) is 0 Å². The average molecular weight is 363 g/mol. The van der Waals surface area contributed by atoms with E-state index in [1.165, 1.54) is 6.92 Å². The van der Waals surface area contributed by atoms with Gasteiger partial charge >= 0.3 is 5.97 Å². The number of anilines is 1. The Morgan fingerprint density at radius 3 is 2.50 bits per heavy atom. The lowest BCUT2D eigenvalue weighted by Gasteiger charge is -2.14. The van der Waals surface area contributed by atoms with Crippen LogP contribution in [-0.4, -0.2) is 24.6 Å². The highest BCUT2D eigenvalue weighted by atomic mass is 19.1. The first-order chi connectivity index (χ1) is 12.3. The van der Waals surface area contributed by atoms with Gasteiger partial charge in [0.1, 0.15) is 17.4 Å². The largest absolute Gasteiger partial charge is 0.482 e. The first-order valence-electron chi connectivity index (χ1n) is 7.91. The van der Waals surface area contributed by atoms with Crippen molar-refractivity contribution in [2.24, 2.45) is 0 Å². The second kappa shape index (κ2) is 8.42.